The molecule has 2 aromatic rings. The minimum atomic E-state index is -0.475. The highest BCUT2D eigenvalue weighted by Crippen LogP contribution is 2.33. The second-order valence-corrected chi connectivity index (χ2v) is 8.74. The van der Waals surface area contributed by atoms with Gasteiger partial charge in [0.15, 0.2) is 18.2 Å². The molecule has 168 valence electrons. The maximum absolute atomic E-state index is 12.4. The van der Waals surface area contributed by atoms with E-state index in [1.54, 1.807) is 12.1 Å². The van der Waals surface area contributed by atoms with Crippen molar-refractivity contribution in [1.82, 2.24) is 10.3 Å². The SMILES string of the molecule is NC(CNCC1CN(c2ccc3c(n2)NC(=O)CO3)C(=O)O1)C1Cc2cccc(Cl)c2C1. The van der Waals surface area contributed by atoms with Crippen molar-refractivity contribution in [2.24, 2.45) is 11.7 Å². The minimum Gasteiger partial charge on any atom is -0.480 e. The molecule has 0 radical (unpaired) electrons. The summed E-state index contributed by atoms with van der Waals surface area (Å²) in [7, 11) is 0. The summed E-state index contributed by atoms with van der Waals surface area (Å²) in [5.74, 6) is 1.23. The molecule has 0 saturated carbocycles. The molecule has 5 rings (SSSR count). The van der Waals surface area contributed by atoms with Crippen molar-refractivity contribution >= 4 is 35.2 Å². The monoisotopic (exact) mass is 457 g/mol. The molecule has 1 saturated heterocycles. The van der Waals surface area contributed by atoms with E-state index in [0.717, 1.165) is 17.9 Å². The van der Waals surface area contributed by atoms with Crippen LogP contribution in [0.1, 0.15) is 11.1 Å². The van der Waals surface area contributed by atoms with E-state index in [0.29, 0.717) is 42.9 Å². The molecule has 32 heavy (non-hydrogen) atoms. The van der Waals surface area contributed by atoms with Crippen molar-refractivity contribution < 1.29 is 19.1 Å². The van der Waals surface area contributed by atoms with Gasteiger partial charge in [-0.15, -0.1) is 0 Å². The fourth-order valence-electron chi connectivity index (χ4n) is 4.44. The first-order valence-corrected chi connectivity index (χ1v) is 11.0. The molecule has 0 bridgehead atoms. The number of nitrogens with one attached hydrogen (secondary N) is 2. The summed E-state index contributed by atoms with van der Waals surface area (Å²) in [5, 5.41) is 6.79. The van der Waals surface area contributed by atoms with Gasteiger partial charge in [-0.1, -0.05) is 23.7 Å². The van der Waals surface area contributed by atoms with Gasteiger partial charge in [-0.25, -0.2) is 9.78 Å². The van der Waals surface area contributed by atoms with E-state index in [4.69, 9.17) is 26.8 Å². The molecule has 1 fully saturated rings. The number of rotatable bonds is 6. The smallest absolute Gasteiger partial charge is 0.416 e. The number of benzene rings is 1. The van der Waals surface area contributed by atoms with Gasteiger partial charge in [-0.3, -0.25) is 9.69 Å². The predicted molar refractivity (Wildman–Crippen MR) is 119 cm³/mol. The van der Waals surface area contributed by atoms with Gasteiger partial charge in [-0.2, -0.15) is 0 Å². The van der Waals surface area contributed by atoms with Crippen LogP contribution in [0.25, 0.3) is 0 Å². The lowest BCUT2D eigenvalue weighted by Crippen LogP contribution is -2.43. The van der Waals surface area contributed by atoms with Crippen LogP contribution in [0, 0.1) is 5.92 Å². The fraction of sp³-hybridized carbons (Fsp3) is 0.409. The first kappa shape index (κ1) is 21.0. The molecule has 1 aromatic carbocycles. The van der Waals surface area contributed by atoms with E-state index in [2.05, 4.69) is 21.7 Å². The highest BCUT2D eigenvalue weighted by molar-refractivity contribution is 6.31. The number of aromatic nitrogens is 1. The summed E-state index contributed by atoms with van der Waals surface area (Å²) in [6.07, 6.45) is 1.01. The van der Waals surface area contributed by atoms with Crippen LogP contribution < -0.4 is 26.0 Å². The molecular formula is C22H24ClN5O4. The first-order valence-electron chi connectivity index (χ1n) is 10.6. The molecule has 1 aliphatic carbocycles. The van der Waals surface area contributed by atoms with Crippen molar-refractivity contribution in [2.75, 3.05) is 36.5 Å². The topological polar surface area (TPSA) is 119 Å². The van der Waals surface area contributed by atoms with Gasteiger partial charge < -0.3 is 25.8 Å². The zero-order valence-corrected chi connectivity index (χ0v) is 18.1. The van der Waals surface area contributed by atoms with Crippen molar-refractivity contribution in [2.45, 2.75) is 25.0 Å². The van der Waals surface area contributed by atoms with Gasteiger partial charge in [0.2, 0.25) is 0 Å². The summed E-state index contributed by atoms with van der Waals surface area (Å²) in [6.45, 7) is 1.41. The lowest BCUT2D eigenvalue weighted by molar-refractivity contribution is -0.118. The number of anilines is 2. The molecule has 2 amide bonds. The maximum Gasteiger partial charge on any atom is 0.416 e. The molecule has 1 aromatic heterocycles. The normalized spacial score (nSPS) is 22.6. The van der Waals surface area contributed by atoms with Crippen LogP contribution in [0.4, 0.5) is 16.4 Å². The average molecular weight is 458 g/mol. The first-order chi connectivity index (χ1) is 15.5. The van der Waals surface area contributed by atoms with Crippen molar-refractivity contribution in [3.05, 3.63) is 46.5 Å². The van der Waals surface area contributed by atoms with Crippen LogP contribution in [0.2, 0.25) is 5.02 Å². The Balaban J connectivity index is 1.13. The zero-order chi connectivity index (χ0) is 22.2. The Morgan fingerprint density at radius 3 is 3.00 bits per heavy atom. The van der Waals surface area contributed by atoms with E-state index in [1.165, 1.54) is 16.0 Å². The number of hydrogen-bond donors (Lipinski definition) is 3. The van der Waals surface area contributed by atoms with E-state index >= 15 is 0 Å². The van der Waals surface area contributed by atoms with E-state index in [-0.39, 0.29) is 24.7 Å². The van der Waals surface area contributed by atoms with Gasteiger partial charge in [0.1, 0.15) is 11.9 Å². The van der Waals surface area contributed by atoms with E-state index in [9.17, 15) is 9.59 Å². The number of cyclic esters (lactones) is 1. The number of pyridine rings is 1. The summed E-state index contributed by atoms with van der Waals surface area (Å²) in [6, 6.07) is 9.34. The molecule has 0 spiro atoms. The lowest BCUT2D eigenvalue weighted by Gasteiger charge is -2.20. The number of halogens is 1. The number of nitrogens with two attached hydrogens (primary N) is 1. The third kappa shape index (κ3) is 4.11. The van der Waals surface area contributed by atoms with Crippen LogP contribution in [0.15, 0.2) is 30.3 Å². The summed E-state index contributed by atoms with van der Waals surface area (Å²) in [4.78, 5) is 29.7. The molecule has 2 aliphatic heterocycles. The average Bonchev–Trinajstić information content (AvgIpc) is 3.37. The molecule has 3 aliphatic rings. The third-order valence-electron chi connectivity index (χ3n) is 6.13. The Labute approximate surface area is 190 Å². The van der Waals surface area contributed by atoms with Crippen LogP contribution in [-0.2, 0) is 22.4 Å². The molecule has 4 N–H and O–H groups in total. The fourth-order valence-corrected chi connectivity index (χ4v) is 4.71. The number of ether oxygens (including phenoxy) is 2. The number of carbonyl (C=O) groups is 2. The largest absolute Gasteiger partial charge is 0.480 e. The zero-order valence-electron chi connectivity index (χ0n) is 17.3. The highest BCUT2D eigenvalue weighted by atomic mass is 35.5. The Bertz CT molecular complexity index is 1060. The Morgan fingerprint density at radius 1 is 1.28 bits per heavy atom. The van der Waals surface area contributed by atoms with E-state index in [1.807, 2.05) is 12.1 Å². The number of nitrogens with zero attached hydrogens (tertiary/aromatic N) is 2. The summed E-state index contributed by atoms with van der Waals surface area (Å²) >= 11 is 6.31. The van der Waals surface area contributed by atoms with Crippen LogP contribution in [0.5, 0.6) is 5.75 Å². The lowest BCUT2D eigenvalue weighted by atomic mass is 9.97. The maximum atomic E-state index is 12.4. The summed E-state index contributed by atoms with van der Waals surface area (Å²) < 4.78 is 10.8. The van der Waals surface area contributed by atoms with E-state index < -0.39 is 6.09 Å². The van der Waals surface area contributed by atoms with Crippen LogP contribution in [0.3, 0.4) is 0 Å². The quantitative estimate of drug-likeness (QED) is 0.604. The molecule has 3 heterocycles. The number of fused-ring (bicyclic) bond motifs is 2. The Kier molecular flexibility index (Phi) is 5.62. The van der Waals surface area contributed by atoms with Crippen LogP contribution >= 0.6 is 11.6 Å². The molecular weight excluding hydrogens is 434 g/mol. The standard InChI is InChI=1S/C22H24ClN5O4/c23-16-3-1-2-12-6-13(7-15(12)16)17(24)9-25-8-14-10-28(22(30)32-14)19-5-4-18-21(26-19)27-20(29)11-31-18/h1-5,13-14,17,25H,6-11,24H2,(H,26,27,29). The molecule has 3 unspecified atom stereocenters. The van der Waals surface area contributed by atoms with Crippen LogP contribution in [-0.4, -0.2) is 55.4 Å². The van der Waals surface area contributed by atoms with Gasteiger partial charge in [0, 0.05) is 24.2 Å². The van der Waals surface area contributed by atoms with Gasteiger partial charge in [-0.05, 0) is 48.1 Å². The molecule has 10 heteroatoms. The minimum absolute atomic E-state index is 0.0300. The molecule has 9 nitrogen and oxygen atoms in total. The summed E-state index contributed by atoms with van der Waals surface area (Å²) in [5.41, 5.74) is 8.91. The second-order valence-electron chi connectivity index (χ2n) is 8.34. The van der Waals surface area contributed by atoms with Gasteiger partial charge in [0.25, 0.3) is 5.91 Å². The number of hydrogen-bond acceptors (Lipinski definition) is 7. The van der Waals surface area contributed by atoms with Crippen molar-refractivity contribution in [3.63, 3.8) is 0 Å². The second kappa shape index (κ2) is 8.57. The predicted octanol–water partition coefficient (Wildman–Crippen LogP) is 1.72. The van der Waals surface area contributed by atoms with Crippen molar-refractivity contribution in [1.29, 1.82) is 0 Å². The third-order valence-corrected chi connectivity index (χ3v) is 6.49. The number of carbonyl (C=O) groups excluding carboxylic acids is 2. The van der Waals surface area contributed by atoms with Gasteiger partial charge in [0.05, 0.1) is 6.54 Å². The Morgan fingerprint density at radius 2 is 2.16 bits per heavy atom. The van der Waals surface area contributed by atoms with Gasteiger partial charge >= 0.3 is 6.09 Å². The number of amides is 2. The highest BCUT2D eigenvalue weighted by Gasteiger charge is 2.34. The van der Waals surface area contributed by atoms with Crippen molar-refractivity contribution in [3.8, 4) is 5.75 Å². The molecule has 3 atom stereocenters. The Hall–Kier alpha value is -2.88.